The van der Waals surface area contributed by atoms with E-state index in [-0.39, 0.29) is 0 Å². The Hall–Kier alpha value is -2.34. The zero-order valence-electron chi connectivity index (χ0n) is 11.7. The lowest BCUT2D eigenvalue weighted by molar-refractivity contribution is 1.19. The third kappa shape index (κ3) is 5.53. The summed E-state index contributed by atoms with van der Waals surface area (Å²) in [5.41, 5.74) is 2.74. The van der Waals surface area contributed by atoms with E-state index in [1.165, 1.54) is 11.1 Å². The molecule has 0 heterocycles. The molecular weight excluding hydrogens is 240 g/mol. The van der Waals surface area contributed by atoms with Crippen LogP contribution in [0, 0.1) is 0 Å². The van der Waals surface area contributed by atoms with Crippen LogP contribution in [-0.4, -0.2) is 0 Å². The minimum Gasteiger partial charge on any atom is -0.0807 e. The molecule has 20 heavy (non-hydrogen) atoms. The van der Waals surface area contributed by atoms with Crippen LogP contribution in [0.4, 0.5) is 0 Å². The fourth-order valence-corrected chi connectivity index (χ4v) is 1.95. The first-order valence-corrected chi connectivity index (χ1v) is 7.01. The van der Waals surface area contributed by atoms with Gasteiger partial charge in [-0.25, -0.2) is 0 Å². The Morgan fingerprint density at radius 1 is 0.550 bits per heavy atom. The van der Waals surface area contributed by atoms with Gasteiger partial charge in [0.05, 0.1) is 0 Å². The molecule has 0 bridgehead atoms. The summed E-state index contributed by atoms with van der Waals surface area (Å²) in [6, 6.07) is 21.1. The summed E-state index contributed by atoms with van der Waals surface area (Å²) in [4.78, 5) is 0. The molecule has 0 fully saturated rings. The van der Waals surface area contributed by atoms with Gasteiger partial charge < -0.3 is 0 Å². The van der Waals surface area contributed by atoms with Crippen molar-refractivity contribution >= 4 is 0 Å². The highest BCUT2D eigenvalue weighted by atomic mass is 14.0. The Bertz CT molecular complexity index is 508. The van der Waals surface area contributed by atoms with Gasteiger partial charge in [0.25, 0.3) is 0 Å². The number of allylic oxidation sites excluding steroid dienone is 6. The van der Waals surface area contributed by atoms with Crippen molar-refractivity contribution in [3.05, 3.63) is 108 Å². The van der Waals surface area contributed by atoms with E-state index in [9.17, 15) is 0 Å². The van der Waals surface area contributed by atoms with Crippen molar-refractivity contribution in [2.75, 3.05) is 0 Å². The van der Waals surface area contributed by atoms with Gasteiger partial charge in [-0.15, -0.1) is 0 Å². The molecule has 0 nitrogen and oxygen atoms in total. The molecule has 100 valence electrons. The second-order valence-corrected chi connectivity index (χ2v) is 4.62. The maximum absolute atomic E-state index is 2.16. The number of hydrogen-bond donors (Lipinski definition) is 0. The summed E-state index contributed by atoms with van der Waals surface area (Å²) in [6.45, 7) is 0. The molecule has 0 spiro atoms. The van der Waals surface area contributed by atoms with Crippen LogP contribution in [0.15, 0.2) is 97.1 Å². The smallest absolute Gasteiger partial charge is 0.00258 e. The summed E-state index contributed by atoms with van der Waals surface area (Å²) >= 11 is 0. The van der Waals surface area contributed by atoms with Gasteiger partial charge in [-0.1, -0.05) is 97.1 Å². The molecule has 1 aliphatic rings. The first-order valence-electron chi connectivity index (χ1n) is 7.01. The standard InChI is InChI=1S/C13H12.C7H8/c1-3-7-12(8-4-1)11-13-9-5-2-6-10-13;1-2-4-6-7-5-3-1/h1-10H,11H2;1-6H,7H2. The van der Waals surface area contributed by atoms with E-state index in [2.05, 4.69) is 85.0 Å². The predicted molar refractivity (Wildman–Crippen MR) is 87.7 cm³/mol. The average molecular weight is 260 g/mol. The second-order valence-electron chi connectivity index (χ2n) is 4.62. The van der Waals surface area contributed by atoms with E-state index < -0.39 is 0 Å². The van der Waals surface area contributed by atoms with Gasteiger partial charge in [0.1, 0.15) is 0 Å². The van der Waals surface area contributed by atoms with Crippen molar-refractivity contribution in [1.29, 1.82) is 0 Å². The molecule has 0 unspecified atom stereocenters. The van der Waals surface area contributed by atoms with E-state index in [0.29, 0.717) is 0 Å². The van der Waals surface area contributed by atoms with Crippen LogP contribution in [0.2, 0.25) is 0 Å². The number of benzene rings is 2. The summed E-state index contributed by atoms with van der Waals surface area (Å²) < 4.78 is 0. The molecule has 3 rings (SSSR count). The lowest BCUT2D eigenvalue weighted by Crippen LogP contribution is -1.85. The summed E-state index contributed by atoms with van der Waals surface area (Å²) in [7, 11) is 0. The van der Waals surface area contributed by atoms with Crippen molar-refractivity contribution in [2.45, 2.75) is 12.8 Å². The van der Waals surface area contributed by atoms with E-state index in [1.54, 1.807) is 0 Å². The summed E-state index contributed by atoms with van der Waals surface area (Å²) in [5, 5.41) is 0. The van der Waals surface area contributed by atoms with Crippen LogP contribution in [0.5, 0.6) is 0 Å². The van der Waals surface area contributed by atoms with Crippen LogP contribution >= 0.6 is 0 Å². The van der Waals surface area contributed by atoms with Crippen LogP contribution in [-0.2, 0) is 6.42 Å². The average Bonchev–Trinajstić information content (AvgIpc) is 2.83. The fourth-order valence-electron chi connectivity index (χ4n) is 1.95. The molecule has 2 aromatic rings. The Labute approximate surface area is 121 Å². The molecule has 1 aliphatic carbocycles. The lowest BCUT2D eigenvalue weighted by Gasteiger charge is -2.00. The number of rotatable bonds is 2. The van der Waals surface area contributed by atoms with Gasteiger partial charge in [0, 0.05) is 0 Å². The van der Waals surface area contributed by atoms with E-state index >= 15 is 0 Å². The van der Waals surface area contributed by atoms with Crippen LogP contribution in [0.1, 0.15) is 17.5 Å². The quantitative estimate of drug-likeness (QED) is 0.684. The molecule has 0 aromatic heterocycles. The largest absolute Gasteiger partial charge is 0.0807 e. The predicted octanol–water partition coefficient (Wildman–Crippen LogP) is 5.34. The van der Waals surface area contributed by atoms with Crippen molar-refractivity contribution in [1.82, 2.24) is 0 Å². The lowest BCUT2D eigenvalue weighted by atomic mass is 10.1. The SMILES string of the molecule is C1=CC=CCC=C1.c1ccc(Cc2ccccc2)cc1. The molecule has 0 saturated carbocycles. The van der Waals surface area contributed by atoms with Crippen LogP contribution in [0.25, 0.3) is 0 Å². The Morgan fingerprint density at radius 3 is 1.45 bits per heavy atom. The third-order valence-corrected chi connectivity index (χ3v) is 2.97. The molecule has 0 saturated heterocycles. The minimum atomic E-state index is 1.03. The van der Waals surface area contributed by atoms with E-state index in [1.807, 2.05) is 12.2 Å². The Balaban J connectivity index is 0.000000178. The molecule has 0 N–H and O–H groups in total. The summed E-state index contributed by atoms with van der Waals surface area (Å²) in [6.07, 6.45) is 14.5. The van der Waals surface area contributed by atoms with Gasteiger partial charge in [-0.3, -0.25) is 0 Å². The zero-order chi connectivity index (χ0) is 13.9. The topological polar surface area (TPSA) is 0 Å². The highest BCUT2D eigenvalue weighted by molar-refractivity contribution is 5.25. The molecule has 0 radical (unpaired) electrons. The van der Waals surface area contributed by atoms with Gasteiger partial charge in [0.15, 0.2) is 0 Å². The maximum atomic E-state index is 2.16. The Morgan fingerprint density at radius 2 is 1.00 bits per heavy atom. The van der Waals surface area contributed by atoms with Crippen molar-refractivity contribution < 1.29 is 0 Å². The fraction of sp³-hybridized carbons (Fsp3) is 0.100. The van der Waals surface area contributed by atoms with Gasteiger partial charge >= 0.3 is 0 Å². The van der Waals surface area contributed by atoms with Crippen molar-refractivity contribution in [3.8, 4) is 0 Å². The van der Waals surface area contributed by atoms with Crippen molar-refractivity contribution in [3.63, 3.8) is 0 Å². The van der Waals surface area contributed by atoms with Gasteiger partial charge in [0.2, 0.25) is 0 Å². The van der Waals surface area contributed by atoms with Crippen LogP contribution in [0.3, 0.4) is 0 Å². The van der Waals surface area contributed by atoms with Crippen molar-refractivity contribution in [2.24, 2.45) is 0 Å². The third-order valence-electron chi connectivity index (χ3n) is 2.97. The molecule has 0 aliphatic heterocycles. The van der Waals surface area contributed by atoms with Crippen LogP contribution < -0.4 is 0 Å². The minimum absolute atomic E-state index is 1.03. The first kappa shape index (κ1) is 14.1. The number of hydrogen-bond acceptors (Lipinski definition) is 0. The molecule has 0 amide bonds. The highest BCUT2D eigenvalue weighted by Crippen LogP contribution is 2.07. The van der Waals surface area contributed by atoms with E-state index in [4.69, 9.17) is 0 Å². The van der Waals surface area contributed by atoms with Gasteiger partial charge in [-0.05, 0) is 24.0 Å². The maximum Gasteiger partial charge on any atom is -0.00258 e. The molecular formula is C20H20. The zero-order valence-corrected chi connectivity index (χ0v) is 11.7. The first-order chi connectivity index (χ1) is 9.95. The van der Waals surface area contributed by atoms with E-state index in [0.717, 1.165) is 12.8 Å². The molecule has 0 atom stereocenters. The summed E-state index contributed by atoms with van der Waals surface area (Å²) in [5.74, 6) is 0. The second kappa shape index (κ2) is 8.71. The highest BCUT2D eigenvalue weighted by Gasteiger charge is 1.92. The normalized spacial score (nSPS) is 12.4. The molecule has 0 heteroatoms. The molecule has 2 aromatic carbocycles. The van der Waals surface area contributed by atoms with Gasteiger partial charge in [-0.2, -0.15) is 0 Å². The monoisotopic (exact) mass is 260 g/mol. The Kier molecular flexibility index (Phi) is 6.13.